The number of aromatic carboxylic acids is 1. The van der Waals surface area contributed by atoms with E-state index >= 15 is 0 Å². The quantitative estimate of drug-likeness (QED) is 0.828. The molecule has 0 unspecified atom stereocenters. The molecule has 0 amide bonds. The summed E-state index contributed by atoms with van der Waals surface area (Å²) >= 11 is 0. The molecule has 1 fully saturated rings. The summed E-state index contributed by atoms with van der Waals surface area (Å²) in [7, 11) is -7.45. The molecule has 1 aromatic rings. The van der Waals surface area contributed by atoms with E-state index < -0.39 is 36.5 Å². The molecule has 0 bridgehead atoms. The zero-order valence-electron chi connectivity index (χ0n) is 10.7. The van der Waals surface area contributed by atoms with Crippen molar-refractivity contribution in [1.29, 1.82) is 0 Å². The summed E-state index contributed by atoms with van der Waals surface area (Å²) in [6.45, 7) is -0.490. The van der Waals surface area contributed by atoms with Crippen LogP contribution < -0.4 is 0 Å². The molecule has 0 aliphatic carbocycles. The van der Waals surface area contributed by atoms with E-state index in [0.717, 1.165) is 16.4 Å². The highest BCUT2D eigenvalue weighted by Gasteiger charge is 2.33. The van der Waals surface area contributed by atoms with Crippen LogP contribution in [0.15, 0.2) is 23.1 Å². The molecule has 0 radical (unpaired) electrons. The van der Waals surface area contributed by atoms with Crippen molar-refractivity contribution in [1.82, 2.24) is 4.31 Å². The van der Waals surface area contributed by atoms with Crippen molar-refractivity contribution in [2.45, 2.75) is 4.90 Å². The molecular weight excluding hydrogens is 325 g/mol. The second kappa shape index (κ2) is 5.35. The number of hydrogen-bond acceptors (Lipinski definition) is 5. The van der Waals surface area contributed by atoms with E-state index in [1.165, 1.54) is 0 Å². The monoisotopic (exact) mass is 337 g/mol. The lowest BCUT2D eigenvalue weighted by Crippen LogP contribution is -2.43. The lowest BCUT2D eigenvalue weighted by atomic mass is 10.2. The van der Waals surface area contributed by atoms with Gasteiger partial charge in [-0.2, -0.15) is 4.31 Å². The molecule has 0 aromatic heterocycles. The molecule has 1 N–H and O–H groups in total. The van der Waals surface area contributed by atoms with E-state index in [0.29, 0.717) is 6.07 Å². The van der Waals surface area contributed by atoms with Gasteiger partial charge in [0.2, 0.25) is 10.0 Å². The second-order valence-electron chi connectivity index (χ2n) is 4.51. The first-order valence-corrected chi connectivity index (χ1v) is 9.13. The number of sulfone groups is 1. The van der Waals surface area contributed by atoms with Gasteiger partial charge in [-0.05, 0) is 18.2 Å². The zero-order chi connectivity index (χ0) is 15.8. The smallest absolute Gasteiger partial charge is 0.335 e. The molecule has 2 rings (SSSR count). The number of hydrogen-bond donors (Lipinski definition) is 1. The number of nitrogens with zero attached hydrogens (tertiary/aromatic N) is 1. The van der Waals surface area contributed by atoms with Crippen molar-refractivity contribution in [2.24, 2.45) is 0 Å². The van der Waals surface area contributed by atoms with E-state index in [-0.39, 0.29) is 30.2 Å². The van der Waals surface area contributed by atoms with Crippen LogP contribution in [0.5, 0.6) is 0 Å². The third kappa shape index (κ3) is 3.22. The number of carboxylic acids is 1. The summed E-state index contributed by atoms with van der Waals surface area (Å²) in [5.41, 5.74) is -0.368. The van der Waals surface area contributed by atoms with E-state index in [1.807, 2.05) is 0 Å². The molecule has 7 nitrogen and oxygen atoms in total. The van der Waals surface area contributed by atoms with Crippen LogP contribution in [0.1, 0.15) is 10.4 Å². The maximum atomic E-state index is 13.8. The molecule has 0 saturated carbocycles. The molecule has 0 atom stereocenters. The van der Waals surface area contributed by atoms with Gasteiger partial charge in [-0.25, -0.2) is 26.0 Å². The summed E-state index contributed by atoms with van der Waals surface area (Å²) in [6, 6.07) is 2.48. The maximum Gasteiger partial charge on any atom is 0.335 e. The van der Waals surface area contributed by atoms with Gasteiger partial charge in [-0.1, -0.05) is 0 Å². The van der Waals surface area contributed by atoms with Crippen LogP contribution in [0.2, 0.25) is 0 Å². The molecule has 1 aromatic carbocycles. The molecule has 1 heterocycles. The van der Waals surface area contributed by atoms with Crippen LogP contribution in [0.25, 0.3) is 0 Å². The summed E-state index contributed by atoms with van der Waals surface area (Å²) < 4.78 is 61.8. The van der Waals surface area contributed by atoms with Crippen LogP contribution >= 0.6 is 0 Å². The number of carbonyl (C=O) groups is 1. The molecule has 116 valence electrons. The summed E-state index contributed by atoms with van der Waals surface area (Å²) in [4.78, 5) is 10.0. The molecule has 10 heteroatoms. The van der Waals surface area contributed by atoms with Crippen LogP contribution in [0.4, 0.5) is 4.39 Å². The maximum absolute atomic E-state index is 13.8. The van der Waals surface area contributed by atoms with Crippen molar-refractivity contribution < 1.29 is 31.1 Å². The zero-order valence-corrected chi connectivity index (χ0v) is 12.3. The topological polar surface area (TPSA) is 109 Å². The van der Waals surface area contributed by atoms with Crippen LogP contribution in [-0.4, -0.2) is 56.8 Å². The fourth-order valence-corrected chi connectivity index (χ4v) is 4.84. The number of rotatable bonds is 3. The van der Waals surface area contributed by atoms with Crippen molar-refractivity contribution in [2.75, 3.05) is 24.6 Å². The predicted molar refractivity (Wildman–Crippen MR) is 70.8 cm³/mol. The second-order valence-corrected chi connectivity index (χ2v) is 8.72. The Hall–Kier alpha value is -1.52. The van der Waals surface area contributed by atoms with Crippen LogP contribution in [0.3, 0.4) is 0 Å². The standard InChI is InChI=1S/C11H12FNO6S2/c12-9-7-8(11(14)15)1-2-10(9)21(18,19)13-3-5-20(16,17)6-4-13/h1-2,7H,3-6H2,(H,14,15). The number of carboxylic acid groups (broad SMARTS) is 1. The Balaban J connectivity index is 2.34. The van der Waals surface area contributed by atoms with Gasteiger partial charge in [-0.3, -0.25) is 0 Å². The predicted octanol–water partition coefficient (Wildman–Crippen LogP) is -0.0570. The molecule has 0 spiro atoms. The Kier molecular flexibility index (Phi) is 4.04. The summed E-state index contributed by atoms with van der Waals surface area (Å²) in [6.07, 6.45) is 0. The third-order valence-electron chi connectivity index (χ3n) is 3.10. The van der Waals surface area contributed by atoms with Gasteiger partial charge < -0.3 is 5.11 Å². The lowest BCUT2D eigenvalue weighted by Gasteiger charge is -2.26. The Morgan fingerprint density at radius 3 is 2.29 bits per heavy atom. The van der Waals surface area contributed by atoms with Gasteiger partial charge in [0.25, 0.3) is 0 Å². The molecule has 1 aliphatic heterocycles. The molecule has 21 heavy (non-hydrogen) atoms. The van der Waals surface area contributed by atoms with E-state index in [4.69, 9.17) is 5.11 Å². The van der Waals surface area contributed by atoms with Gasteiger partial charge in [-0.15, -0.1) is 0 Å². The molecule has 1 aliphatic rings. The number of benzene rings is 1. The average Bonchev–Trinajstić information content (AvgIpc) is 2.37. The Morgan fingerprint density at radius 2 is 1.81 bits per heavy atom. The van der Waals surface area contributed by atoms with Gasteiger partial charge in [0.05, 0.1) is 17.1 Å². The molecule has 1 saturated heterocycles. The summed E-state index contributed by atoms with van der Waals surface area (Å²) in [5, 5.41) is 8.72. The molecular formula is C11H12FNO6S2. The largest absolute Gasteiger partial charge is 0.478 e. The highest BCUT2D eigenvalue weighted by Crippen LogP contribution is 2.22. The van der Waals surface area contributed by atoms with Gasteiger partial charge in [0, 0.05) is 13.1 Å². The van der Waals surface area contributed by atoms with Crippen molar-refractivity contribution >= 4 is 25.8 Å². The minimum atomic E-state index is -4.18. The van der Waals surface area contributed by atoms with E-state index in [2.05, 4.69) is 0 Å². The van der Waals surface area contributed by atoms with Crippen LogP contribution in [-0.2, 0) is 19.9 Å². The first-order valence-electron chi connectivity index (χ1n) is 5.87. The minimum Gasteiger partial charge on any atom is -0.478 e. The van der Waals surface area contributed by atoms with E-state index in [1.54, 1.807) is 0 Å². The fourth-order valence-electron chi connectivity index (χ4n) is 1.92. The number of halogens is 1. The van der Waals surface area contributed by atoms with Gasteiger partial charge >= 0.3 is 5.97 Å². The third-order valence-corrected chi connectivity index (χ3v) is 6.64. The highest BCUT2D eigenvalue weighted by molar-refractivity contribution is 7.92. The average molecular weight is 337 g/mol. The summed E-state index contributed by atoms with van der Waals surface area (Å²) in [5.74, 6) is -3.19. The van der Waals surface area contributed by atoms with Gasteiger partial charge in [0.15, 0.2) is 9.84 Å². The van der Waals surface area contributed by atoms with Crippen LogP contribution in [0, 0.1) is 5.82 Å². The Morgan fingerprint density at radius 1 is 1.24 bits per heavy atom. The minimum absolute atomic E-state index is 0.245. The fraction of sp³-hybridized carbons (Fsp3) is 0.364. The highest BCUT2D eigenvalue weighted by atomic mass is 32.2. The number of sulfonamides is 1. The first-order chi connectivity index (χ1) is 9.63. The Labute approximate surface area is 121 Å². The lowest BCUT2D eigenvalue weighted by molar-refractivity contribution is 0.0696. The first kappa shape index (κ1) is 15.9. The Bertz CT molecular complexity index is 773. The SMILES string of the molecule is O=C(O)c1ccc(S(=O)(=O)N2CCS(=O)(=O)CC2)c(F)c1. The van der Waals surface area contributed by atoms with E-state index in [9.17, 15) is 26.0 Å². The van der Waals surface area contributed by atoms with Crippen molar-refractivity contribution in [3.05, 3.63) is 29.6 Å². The van der Waals surface area contributed by atoms with Gasteiger partial charge in [0.1, 0.15) is 10.7 Å². The van der Waals surface area contributed by atoms with Crippen molar-refractivity contribution in [3.63, 3.8) is 0 Å². The van der Waals surface area contributed by atoms with Crippen molar-refractivity contribution in [3.8, 4) is 0 Å². The normalized spacial score (nSPS) is 19.3.